The molecule has 0 unspecified atom stereocenters. The molecule has 1 saturated heterocycles. The third-order valence-corrected chi connectivity index (χ3v) is 4.84. The van der Waals surface area contributed by atoms with Crippen LogP contribution in [-0.4, -0.2) is 30.0 Å². The monoisotopic (exact) mass is 280 g/mol. The van der Waals surface area contributed by atoms with Crippen molar-refractivity contribution < 1.29 is 14.4 Å². The molecule has 0 aromatic carbocycles. The highest BCUT2D eigenvalue weighted by atomic mass is 32.1. The number of hydrogen-bond acceptors (Lipinski definition) is 4. The Morgan fingerprint density at radius 3 is 2.32 bits per heavy atom. The van der Waals surface area contributed by atoms with Crippen molar-refractivity contribution in [3.05, 3.63) is 27.4 Å². The molecule has 0 aliphatic carbocycles. The van der Waals surface area contributed by atoms with Crippen LogP contribution in [0.1, 0.15) is 38.1 Å². The van der Waals surface area contributed by atoms with Gasteiger partial charge in [0, 0.05) is 4.88 Å². The molecule has 0 atom stereocenters. The number of aryl methyl sites for hydroxylation is 1. The maximum atomic E-state index is 9.59. The van der Waals surface area contributed by atoms with Gasteiger partial charge in [-0.3, -0.25) is 0 Å². The summed E-state index contributed by atoms with van der Waals surface area (Å²) in [5.74, 6) is 0. The molecule has 104 valence electrons. The SMILES string of the molecule is Cc1sccc1C=C(CO)B1OC(C)(C)C(C)(C)O1. The lowest BCUT2D eigenvalue weighted by Crippen LogP contribution is -2.41. The molecular formula is C14H21BO3S. The molecule has 1 aliphatic rings. The molecule has 0 radical (unpaired) electrons. The highest BCUT2D eigenvalue weighted by molar-refractivity contribution is 7.10. The highest BCUT2D eigenvalue weighted by Crippen LogP contribution is 2.38. The first-order chi connectivity index (χ1) is 8.77. The molecule has 1 N–H and O–H groups in total. The van der Waals surface area contributed by atoms with Gasteiger partial charge in [0.1, 0.15) is 0 Å². The molecule has 1 aromatic heterocycles. The number of thiophene rings is 1. The van der Waals surface area contributed by atoms with E-state index in [1.54, 1.807) is 11.3 Å². The van der Waals surface area contributed by atoms with E-state index in [-0.39, 0.29) is 17.8 Å². The van der Waals surface area contributed by atoms with Crippen LogP contribution in [0.4, 0.5) is 0 Å². The number of rotatable bonds is 3. The van der Waals surface area contributed by atoms with Crippen LogP contribution in [-0.2, 0) is 9.31 Å². The first kappa shape index (κ1) is 14.8. The first-order valence-corrected chi connectivity index (χ1v) is 7.36. The van der Waals surface area contributed by atoms with Crippen LogP contribution < -0.4 is 0 Å². The van der Waals surface area contributed by atoms with Crippen molar-refractivity contribution in [3.63, 3.8) is 0 Å². The van der Waals surface area contributed by atoms with E-state index in [4.69, 9.17) is 9.31 Å². The third-order valence-electron chi connectivity index (χ3n) is 3.98. The molecule has 0 amide bonds. The molecular weight excluding hydrogens is 259 g/mol. The lowest BCUT2D eigenvalue weighted by Gasteiger charge is -2.32. The Balaban J connectivity index is 2.26. The van der Waals surface area contributed by atoms with Gasteiger partial charge < -0.3 is 14.4 Å². The van der Waals surface area contributed by atoms with Gasteiger partial charge in [-0.05, 0) is 57.1 Å². The maximum Gasteiger partial charge on any atom is 0.492 e. The molecule has 0 spiro atoms. The predicted octanol–water partition coefficient (Wildman–Crippen LogP) is 3.06. The van der Waals surface area contributed by atoms with Gasteiger partial charge in [-0.2, -0.15) is 0 Å². The smallest absolute Gasteiger partial charge is 0.400 e. The number of aliphatic hydroxyl groups excluding tert-OH is 1. The fourth-order valence-electron chi connectivity index (χ4n) is 1.93. The van der Waals surface area contributed by atoms with Crippen molar-refractivity contribution in [2.24, 2.45) is 0 Å². The molecule has 0 saturated carbocycles. The van der Waals surface area contributed by atoms with Crippen molar-refractivity contribution in [1.29, 1.82) is 0 Å². The summed E-state index contributed by atoms with van der Waals surface area (Å²) in [5, 5.41) is 11.6. The summed E-state index contributed by atoms with van der Waals surface area (Å²) in [5.41, 5.74) is 1.12. The predicted molar refractivity (Wildman–Crippen MR) is 80.2 cm³/mol. The Morgan fingerprint density at radius 2 is 1.89 bits per heavy atom. The highest BCUT2D eigenvalue weighted by Gasteiger charge is 2.52. The van der Waals surface area contributed by atoms with Gasteiger partial charge in [0.05, 0.1) is 17.8 Å². The third kappa shape index (κ3) is 2.79. The quantitative estimate of drug-likeness (QED) is 0.865. The average molecular weight is 280 g/mol. The molecule has 2 rings (SSSR count). The minimum Gasteiger partial charge on any atom is -0.400 e. The summed E-state index contributed by atoms with van der Waals surface area (Å²) < 4.78 is 11.9. The second-order valence-corrected chi connectivity index (χ2v) is 7.02. The van der Waals surface area contributed by atoms with Crippen LogP contribution in [0.25, 0.3) is 6.08 Å². The molecule has 1 fully saturated rings. The van der Waals surface area contributed by atoms with Crippen LogP contribution in [0, 0.1) is 6.92 Å². The zero-order chi connectivity index (χ0) is 14.3. The summed E-state index contributed by atoms with van der Waals surface area (Å²) in [6.45, 7) is 10.0. The fraction of sp³-hybridized carbons (Fsp3) is 0.571. The van der Waals surface area contributed by atoms with Gasteiger partial charge in [0.25, 0.3) is 0 Å². The van der Waals surface area contributed by atoms with E-state index < -0.39 is 7.12 Å². The van der Waals surface area contributed by atoms with Gasteiger partial charge in [-0.1, -0.05) is 6.08 Å². The van der Waals surface area contributed by atoms with E-state index >= 15 is 0 Å². The van der Waals surface area contributed by atoms with Crippen molar-refractivity contribution >= 4 is 24.5 Å². The molecule has 3 nitrogen and oxygen atoms in total. The van der Waals surface area contributed by atoms with Crippen molar-refractivity contribution in [2.75, 3.05) is 6.61 Å². The average Bonchev–Trinajstić information content (AvgIpc) is 2.78. The standard InChI is InChI=1S/C14H21BO3S/c1-10-11(6-7-19-10)8-12(9-16)15-17-13(2,3)14(4,5)18-15/h6-8,16H,9H2,1-5H3. The lowest BCUT2D eigenvalue weighted by molar-refractivity contribution is 0.00578. The number of hydrogen-bond donors (Lipinski definition) is 1. The normalized spacial score (nSPS) is 22.0. The Bertz CT molecular complexity index is 475. The van der Waals surface area contributed by atoms with Crippen LogP contribution in [0.3, 0.4) is 0 Å². The summed E-state index contributed by atoms with van der Waals surface area (Å²) in [4.78, 5) is 1.22. The van der Waals surface area contributed by atoms with Crippen LogP contribution in [0.2, 0.25) is 0 Å². The van der Waals surface area contributed by atoms with E-state index in [1.165, 1.54) is 4.88 Å². The van der Waals surface area contributed by atoms with Crippen LogP contribution in [0.15, 0.2) is 16.9 Å². The summed E-state index contributed by atoms with van der Waals surface area (Å²) in [6.07, 6.45) is 1.97. The Morgan fingerprint density at radius 1 is 1.32 bits per heavy atom. The number of aliphatic hydroxyl groups is 1. The second-order valence-electron chi connectivity index (χ2n) is 5.90. The van der Waals surface area contributed by atoms with E-state index in [2.05, 4.69) is 6.92 Å². The van der Waals surface area contributed by atoms with Crippen molar-refractivity contribution in [3.8, 4) is 0 Å². The maximum absolute atomic E-state index is 9.59. The van der Waals surface area contributed by atoms with Gasteiger partial charge >= 0.3 is 7.12 Å². The first-order valence-electron chi connectivity index (χ1n) is 6.48. The zero-order valence-electron chi connectivity index (χ0n) is 12.2. The fourth-order valence-corrected chi connectivity index (χ4v) is 2.61. The van der Waals surface area contributed by atoms with Gasteiger partial charge in [0.15, 0.2) is 0 Å². The molecule has 2 heterocycles. The van der Waals surface area contributed by atoms with Crippen LogP contribution in [0.5, 0.6) is 0 Å². The molecule has 5 heteroatoms. The van der Waals surface area contributed by atoms with Crippen molar-refractivity contribution in [2.45, 2.75) is 45.8 Å². The summed E-state index contributed by atoms with van der Waals surface area (Å²) in [6, 6.07) is 2.04. The van der Waals surface area contributed by atoms with Gasteiger partial charge in [0.2, 0.25) is 0 Å². The van der Waals surface area contributed by atoms with Crippen molar-refractivity contribution in [1.82, 2.24) is 0 Å². The second kappa shape index (κ2) is 5.06. The van der Waals surface area contributed by atoms with Crippen LogP contribution >= 0.6 is 11.3 Å². The molecule has 1 aliphatic heterocycles. The minimum absolute atomic E-state index is 0.0634. The Kier molecular flexibility index (Phi) is 3.93. The van der Waals surface area contributed by atoms with E-state index in [1.807, 2.05) is 45.2 Å². The molecule has 1 aromatic rings. The Labute approximate surface area is 119 Å². The van der Waals surface area contributed by atoms with E-state index in [9.17, 15) is 5.11 Å². The topological polar surface area (TPSA) is 38.7 Å². The summed E-state index contributed by atoms with van der Waals surface area (Å²) >= 11 is 1.69. The molecule has 19 heavy (non-hydrogen) atoms. The Hall–Kier alpha value is -0.615. The minimum atomic E-state index is -0.478. The zero-order valence-corrected chi connectivity index (χ0v) is 13.0. The molecule has 0 bridgehead atoms. The largest absolute Gasteiger partial charge is 0.492 e. The van der Waals surface area contributed by atoms with E-state index in [0.29, 0.717) is 0 Å². The summed E-state index contributed by atoms with van der Waals surface area (Å²) in [7, 11) is -0.478. The van der Waals surface area contributed by atoms with E-state index in [0.717, 1.165) is 11.0 Å². The van der Waals surface area contributed by atoms with Gasteiger partial charge in [-0.25, -0.2) is 0 Å². The van der Waals surface area contributed by atoms with Gasteiger partial charge in [-0.15, -0.1) is 11.3 Å². The lowest BCUT2D eigenvalue weighted by atomic mass is 9.77.